The molecule has 0 bridgehead atoms. The van der Waals surface area contributed by atoms with Crippen molar-refractivity contribution in [3.63, 3.8) is 0 Å². The summed E-state index contributed by atoms with van der Waals surface area (Å²) in [6, 6.07) is 10.8. The van der Waals surface area contributed by atoms with Gasteiger partial charge in [-0.3, -0.25) is 0 Å². The van der Waals surface area contributed by atoms with Crippen molar-refractivity contribution in [3.05, 3.63) is 53.2 Å². The predicted octanol–water partition coefficient (Wildman–Crippen LogP) is 4.16. The van der Waals surface area contributed by atoms with Gasteiger partial charge in [0.1, 0.15) is 5.82 Å². The van der Waals surface area contributed by atoms with Crippen molar-refractivity contribution in [2.75, 3.05) is 23.3 Å². The van der Waals surface area contributed by atoms with Gasteiger partial charge in [-0.15, -0.1) is 0 Å². The van der Waals surface area contributed by atoms with Gasteiger partial charge in [-0.25, -0.2) is 4.98 Å². The zero-order valence-corrected chi connectivity index (χ0v) is 13.5. The Hall–Kier alpha value is -2.03. The lowest BCUT2D eigenvalue weighted by molar-refractivity contribution is 0.846. The van der Waals surface area contributed by atoms with Crippen LogP contribution in [0.5, 0.6) is 0 Å². The van der Waals surface area contributed by atoms with Gasteiger partial charge >= 0.3 is 0 Å². The zero-order valence-electron chi connectivity index (χ0n) is 13.5. The number of hydrogen-bond acceptors (Lipinski definition) is 3. The first-order valence-electron chi connectivity index (χ1n) is 7.65. The summed E-state index contributed by atoms with van der Waals surface area (Å²) in [6.45, 7) is 11.4. The molecule has 0 spiro atoms. The molecule has 0 saturated heterocycles. The number of aromatic nitrogens is 1. The molecule has 1 aromatic heterocycles. The molecule has 1 N–H and O–H groups in total. The summed E-state index contributed by atoms with van der Waals surface area (Å²) in [5, 5.41) is 3.44. The summed E-state index contributed by atoms with van der Waals surface area (Å²) in [7, 11) is 0. The molecule has 3 nitrogen and oxygen atoms in total. The van der Waals surface area contributed by atoms with Crippen molar-refractivity contribution in [1.29, 1.82) is 0 Å². The SMILES string of the molecule is CCN(CC)c1ccc(NCc2ccc(C)cc2C)cn1. The van der Waals surface area contributed by atoms with E-state index >= 15 is 0 Å². The summed E-state index contributed by atoms with van der Waals surface area (Å²) in [5.41, 5.74) is 5.02. The molecule has 0 atom stereocenters. The van der Waals surface area contributed by atoms with E-state index in [1.54, 1.807) is 0 Å². The Kier molecular flexibility index (Phi) is 5.20. The van der Waals surface area contributed by atoms with Gasteiger partial charge in [0.25, 0.3) is 0 Å². The molecule has 0 aliphatic heterocycles. The molecule has 0 amide bonds. The monoisotopic (exact) mass is 283 g/mol. The van der Waals surface area contributed by atoms with Crippen LogP contribution < -0.4 is 10.2 Å². The average molecular weight is 283 g/mol. The number of rotatable bonds is 6. The van der Waals surface area contributed by atoms with Crippen LogP contribution in [0.3, 0.4) is 0 Å². The summed E-state index contributed by atoms with van der Waals surface area (Å²) in [6.07, 6.45) is 1.91. The highest BCUT2D eigenvalue weighted by atomic mass is 15.2. The molecule has 0 unspecified atom stereocenters. The number of anilines is 2. The van der Waals surface area contributed by atoms with Gasteiger partial charge in [0, 0.05) is 19.6 Å². The molecule has 0 aliphatic rings. The van der Waals surface area contributed by atoms with E-state index in [1.807, 2.05) is 6.20 Å². The minimum Gasteiger partial charge on any atom is -0.380 e. The molecule has 0 aliphatic carbocycles. The Balaban J connectivity index is 2.00. The van der Waals surface area contributed by atoms with Gasteiger partial charge in [-0.1, -0.05) is 23.8 Å². The number of pyridine rings is 1. The van der Waals surface area contributed by atoms with Gasteiger partial charge in [0.15, 0.2) is 0 Å². The average Bonchev–Trinajstić information content (AvgIpc) is 2.49. The van der Waals surface area contributed by atoms with E-state index in [1.165, 1.54) is 16.7 Å². The predicted molar refractivity (Wildman–Crippen MR) is 91.0 cm³/mol. The smallest absolute Gasteiger partial charge is 0.128 e. The van der Waals surface area contributed by atoms with Gasteiger partial charge in [-0.2, -0.15) is 0 Å². The van der Waals surface area contributed by atoms with Crippen LogP contribution in [0.1, 0.15) is 30.5 Å². The number of aryl methyl sites for hydroxylation is 2. The number of nitrogens with one attached hydrogen (secondary N) is 1. The largest absolute Gasteiger partial charge is 0.380 e. The normalized spacial score (nSPS) is 10.5. The minimum atomic E-state index is 0.832. The lowest BCUT2D eigenvalue weighted by Crippen LogP contribution is -2.22. The van der Waals surface area contributed by atoms with Gasteiger partial charge in [0.2, 0.25) is 0 Å². The highest BCUT2D eigenvalue weighted by molar-refractivity contribution is 5.49. The van der Waals surface area contributed by atoms with Crippen LogP contribution in [0.4, 0.5) is 11.5 Å². The Morgan fingerprint density at radius 1 is 1.05 bits per heavy atom. The van der Waals surface area contributed by atoms with Crippen LogP contribution in [0.25, 0.3) is 0 Å². The number of benzene rings is 1. The molecule has 112 valence electrons. The lowest BCUT2D eigenvalue weighted by atomic mass is 10.1. The van der Waals surface area contributed by atoms with Crippen molar-refractivity contribution in [2.45, 2.75) is 34.2 Å². The van der Waals surface area contributed by atoms with Crippen molar-refractivity contribution < 1.29 is 0 Å². The second-order valence-electron chi connectivity index (χ2n) is 5.36. The molecule has 21 heavy (non-hydrogen) atoms. The van der Waals surface area contributed by atoms with E-state index < -0.39 is 0 Å². The van der Waals surface area contributed by atoms with Crippen LogP contribution in [0, 0.1) is 13.8 Å². The fourth-order valence-electron chi connectivity index (χ4n) is 2.47. The van der Waals surface area contributed by atoms with E-state index in [0.29, 0.717) is 0 Å². The van der Waals surface area contributed by atoms with Crippen LogP contribution in [0.2, 0.25) is 0 Å². The second kappa shape index (κ2) is 7.11. The summed E-state index contributed by atoms with van der Waals surface area (Å²) < 4.78 is 0. The molecule has 0 radical (unpaired) electrons. The second-order valence-corrected chi connectivity index (χ2v) is 5.36. The molecule has 0 fully saturated rings. The molecular weight excluding hydrogens is 258 g/mol. The van der Waals surface area contributed by atoms with Gasteiger partial charge in [-0.05, 0) is 51.0 Å². The van der Waals surface area contributed by atoms with E-state index in [0.717, 1.165) is 31.1 Å². The molecule has 2 aromatic rings. The third kappa shape index (κ3) is 3.97. The maximum atomic E-state index is 4.53. The fraction of sp³-hybridized carbons (Fsp3) is 0.389. The third-order valence-electron chi connectivity index (χ3n) is 3.82. The highest BCUT2D eigenvalue weighted by Gasteiger charge is 2.03. The molecule has 0 saturated carbocycles. The highest BCUT2D eigenvalue weighted by Crippen LogP contribution is 2.16. The standard InChI is InChI=1S/C18H25N3/c1-5-21(6-2)18-10-9-17(13-20-18)19-12-16-8-7-14(3)11-15(16)4/h7-11,13,19H,5-6,12H2,1-4H3. The Morgan fingerprint density at radius 2 is 1.81 bits per heavy atom. The quantitative estimate of drug-likeness (QED) is 0.863. The fourth-order valence-corrected chi connectivity index (χ4v) is 2.47. The summed E-state index contributed by atoms with van der Waals surface area (Å²) in [5.74, 6) is 1.04. The molecule has 3 heteroatoms. The maximum absolute atomic E-state index is 4.53. The van der Waals surface area contributed by atoms with Crippen molar-refractivity contribution in [2.24, 2.45) is 0 Å². The zero-order chi connectivity index (χ0) is 15.2. The van der Waals surface area contributed by atoms with E-state index in [4.69, 9.17) is 0 Å². The summed E-state index contributed by atoms with van der Waals surface area (Å²) in [4.78, 5) is 6.78. The van der Waals surface area contributed by atoms with E-state index in [9.17, 15) is 0 Å². The van der Waals surface area contributed by atoms with Gasteiger partial charge < -0.3 is 10.2 Å². The minimum absolute atomic E-state index is 0.832. The number of hydrogen-bond donors (Lipinski definition) is 1. The summed E-state index contributed by atoms with van der Waals surface area (Å²) >= 11 is 0. The first kappa shape index (κ1) is 15.4. The van der Waals surface area contributed by atoms with Crippen LogP contribution in [0.15, 0.2) is 36.5 Å². The van der Waals surface area contributed by atoms with E-state index in [2.05, 4.69) is 73.2 Å². The molecular formula is C18H25N3. The third-order valence-corrected chi connectivity index (χ3v) is 3.82. The first-order chi connectivity index (χ1) is 10.1. The van der Waals surface area contributed by atoms with Gasteiger partial charge in [0.05, 0.1) is 11.9 Å². The molecule has 1 aromatic carbocycles. The Bertz CT molecular complexity index is 572. The van der Waals surface area contributed by atoms with Crippen LogP contribution in [-0.2, 0) is 6.54 Å². The maximum Gasteiger partial charge on any atom is 0.128 e. The Morgan fingerprint density at radius 3 is 2.38 bits per heavy atom. The van der Waals surface area contributed by atoms with E-state index in [-0.39, 0.29) is 0 Å². The van der Waals surface area contributed by atoms with Crippen molar-refractivity contribution in [1.82, 2.24) is 4.98 Å². The lowest BCUT2D eigenvalue weighted by Gasteiger charge is -2.19. The first-order valence-corrected chi connectivity index (χ1v) is 7.65. The van der Waals surface area contributed by atoms with Crippen molar-refractivity contribution >= 4 is 11.5 Å². The van der Waals surface area contributed by atoms with Crippen LogP contribution in [-0.4, -0.2) is 18.1 Å². The van der Waals surface area contributed by atoms with Crippen LogP contribution >= 0.6 is 0 Å². The Labute approximate surface area is 128 Å². The molecule has 2 rings (SSSR count). The van der Waals surface area contributed by atoms with Crippen molar-refractivity contribution in [3.8, 4) is 0 Å². The topological polar surface area (TPSA) is 28.2 Å². The number of nitrogens with zero attached hydrogens (tertiary/aromatic N) is 2. The molecule has 1 heterocycles.